The Morgan fingerprint density at radius 1 is 1.06 bits per heavy atom. The molecule has 3 atom stereocenters. The van der Waals surface area contributed by atoms with Crippen molar-refractivity contribution in [1.29, 1.82) is 0 Å². The van der Waals surface area contributed by atoms with E-state index in [1.165, 1.54) is 64.3 Å². The Morgan fingerprint density at radius 3 is 2.39 bits per heavy atom. The van der Waals surface area contributed by atoms with Crippen molar-refractivity contribution >= 4 is 0 Å². The summed E-state index contributed by atoms with van der Waals surface area (Å²) in [5, 5.41) is 0. The molecule has 2 rings (SSSR count). The average molecular weight is 252 g/mol. The van der Waals surface area contributed by atoms with E-state index in [1.807, 2.05) is 0 Å². The highest BCUT2D eigenvalue weighted by Gasteiger charge is 2.35. The van der Waals surface area contributed by atoms with Crippen LogP contribution in [0.4, 0.5) is 0 Å². The van der Waals surface area contributed by atoms with Crippen molar-refractivity contribution in [2.45, 2.75) is 89.8 Å². The maximum Gasteiger partial charge on any atom is 0.0252 e. The van der Waals surface area contributed by atoms with E-state index >= 15 is 0 Å². The maximum atomic E-state index is 6.44. The van der Waals surface area contributed by atoms with Gasteiger partial charge in [-0.3, -0.25) is 4.90 Å². The minimum atomic E-state index is 0.429. The van der Waals surface area contributed by atoms with Gasteiger partial charge in [0.25, 0.3) is 0 Å². The van der Waals surface area contributed by atoms with E-state index in [4.69, 9.17) is 5.73 Å². The molecule has 0 amide bonds. The number of hydrogen-bond acceptors (Lipinski definition) is 2. The molecule has 3 unspecified atom stereocenters. The molecular formula is C16H32N2. The smallest absolute Gasteiger partial charge is 0.0252 e. The number of nitrogens with zero attached hydrogens (tertiary/aromatic N) is 1. The van der Waals surface area contributed by atoms with Gasteiger partial charge in [0.1, 0.15) is 0 Å². The second-order valence-electron chi connectivity index (χ2n) is 6.47. The highest BCUT2D eigenvalue weighted by Crippen LogP contribution is 2.34. The highest BCUT2D eigenvalue weighted by atomic mass is 15.2. The predicted octanol–water partition coefficient (Wildman–Crippen LogP) is 3.55. The van der Waals surface area contributed by atoms with Crippen molar-refractivity contribution in [3.05, 3.63) is 0 Å². The summed E-state index contributed by atoms with van der Waals surface area (Å²) in [6.45, 7) is 5.84. The van der Waals surface area contributed by atoms with Gasteiger partial charge in [-0.25, -0.2) is 0 Å². The summed E-state index contributed by atoms with van der Waals surface area (Å²) >= 11 is 0. The predicted molar refractivity (Wildman–Crippen MR) is 78.6 cm³/mol. The molecule has 2 nitrogen and oxygen atoms in total. The molecule has 0 heterocycles. The first-order chi connectivity index (χ1) is 8.76. The quantitative estimate of drug-likeness (QED) is 0.811. The number of likely N-dealkylation sites (N-methyl/N-ethyl adjacent to an activating group) is 1. The first kappa shape index (κ1) is 14.3. The van der Waals surface area contributed by atoms with Gasteiger partial charge in [-0.2, -0.15) is 0 Å². The number of nitrogens with two attached hydrogens (primary N) is 1. The van der Waals surface area contributed by atoms with Crippen LogP contribution in [0.5, 0.6) is 0 Å². The van der Waals surface area contributed by atoms with E-state index in [2.05, 4.69) is 18.7 Å². The molecule has 2 aliphatic carbocycles. The van der Waals surface area contributed by atoms with E-state index < -0.39 is 0 Å². The lowest BCUT2D eigenvalue weighted by molar-refractivity contribution is 0.0757. The van der Waals surface area contributed by atoms with E-state index in [0.29, 0.717) is 12.1 Å². The van der Waals surface area contributed by atoms with Crippen molar-refractivity contribution in [3.63, 3.8) is 0 Å². The van der Waals surface area contributed by atoms with Crippen LogP contribution in [0, 0.1) is 5.92 Å². The van der Waals surface area contributed by atoms with E-state index in [-0.39, 0.29) is 0 Å². The van der Waals surface area contributed by atoms with Crippen LogP contribution in [-0.4, -0.2) is 29.6 Å². The van der Waals surface area contributed by atoms with Crippen LogP contribution < -0.4 is 5.73 Å². The normalized spacial score (nSPS) is 34.3. The molecule has 18 heavy (non-hydrogen) atoms. The van der Waals surface area contributed by atoms with Crippen molar-refractivity contribution in [3.8, 4) is 0 Å². The van der Waals surface area contributed by atoms with Gasteiger partial charge in [-0.1, -0.05) is 39.5 Å². The molecule has 0 radical (unpaired) electrons. The number of hydrogen-bond donors (Lipinski definition) is 1. The van der Waals surface area contributed by atoms with Crippen LogP contribution in [0.3, 0.4) is 0 Å². The Bertz CT molecular complexity index is 235. The summed E-state index contributed by atoms with van der Waals surface area (Å²) in [6.07, 6.45) is 12.4. The third-order valence-corrected chi connectivity index (χ3v) is 5.26. The summed E-state index contributed by atoms with van der Waals surface area (Å²) in [6, 6.07) is 1.94. The van der Waals surface area contributed by atoms with Gasteiger partial charge in [0, 0.05) is 18.1 Å². The molecule has 0 aromatic rings. The minimum Gasteiger partial charge on any atom is -0.326 e. The zero-order chi connectivity index (χ0) is 13.0. The van der Waals surface area contributed by atoms with Gasteiger partial charge < -0.3 is 5.73 Å². The Morgan fingerprint density at radius 2 is 1.78 bits per heavy atom. The summed E-state index contributed by atoms with van der Waals surface area (Å²) in [5.74, 6) is 0.940. The van der Waals surface area contributed by atoms with Crippen LogP contribution in [-0.2, 0) is 0 Å². The van der Waals surface area contributed by atoms with Gasteiger partial charge in [-0.05, 0) is 44.6 Å². The number of rotatable bonds is 5. The van der Waals surface area contributed by atoms with Crippen LogP contribution >= 0.6 is 0 Å². The summed E-state index contributed by atoms with van der Waals surface area (Å²) in [4.78, 5) is 2.76. The van der Waals surface area contributed by atoms with Crippen LogP contribution in [0.25, 0.3) is 0 Å². The molecule has 0 saturated heterocycles. The Balaban J connectivity index is 1.97. The lowest BCUT2D eigenvalue weighted by Gasteiger charge is -2.44. The molecule has 0 aliphatic heterocycles. The van der Waals surface area contributed by atoms with Crippen molar-refractivity contribution in [1.82, 2.24) is 4.90 Å². The zero-order valence-electron chi connectivity index (χ0n) is 12.4. The SMILES string of the molecule is CCCC1CCC(N)C(N(CC)C2CCCC2)C1. The first-order valence-corrected chi connectivity index (χ1v) is 8.27. The van der Waals surface area contributed by atoms with Crippen molar-refractivity contribution in [2.75, 3.05) is 6.54 Å². The molecule has 2 N–H and O–H groups in total. The highest BCUT2D eigenvalue weighted by molar-refractivity contribution is 4.92. The van der Waals surface area contributed by atoms with Gasteiger partial charge >= 0.3 is 0 Å². The van der Waals surface area contributed by atoms with Crippen molar-refractivity contribution < 1.29 is 0 Å². The largest absolute Gasteiger partial charge is 0.326 e. The molecule has 2 aliphatic rings. The van der Waals surface area contributed by atoms with Crippen LogP contribution in [0.15, 0.2) is 0 Å². The van der Waals surface area contributed by atoms with Gasteiger partial charge in [0.2, 0.25) is 0 Å². The Labute approximate surface area is 113 Å². The topological polar surface area (TPSA) is 29.3 Å². The fraction of sp³-hybridized carbons (Fsp3) is 1.00. The first-order valence-electron chi connectivity index (χ1n) is 8.27. The molecule has 2 fully saturated rings. The average Bonchev–Trinajstić information content (AvgIpc) is 2.88. The molecule has 0 aromatic carbocycles. The fourth-order valence-corrected chi connectivity index (χ4v) is 4.31. The molecule has 106 valence electrons. The molecule has 2 heteroatoms. The molecular weight excluding hydrogens is 220 g/mol. The van der Waals surface area contributed by atoms with Crippen molar-refractivity contribution in [2.24, 2.45) is 11.7 Å². The van der Waals surface area contributed by atoms with E-state index in [1.54, 1.807) is 0 Å². The van der Waals surface area contributed by atoms with Gasteiger partial charge in [0.05, 0.1) is 0 Å². The van der Waals surface area contributed by atoms with Gasteiger partial charge in [0.15, 0.2) is 0 Å². The molecule has 0 aromatic heterocycles. The third-order valence-electron chi connectivity index (χ3n) is 5.26. The Hall–Kier alpha value is -0.0800. The summed E-state index contributed by atoms with van der Waals surface area (Å²) in [5.41, 5.74) is 6.44. The second kappa shape index (κ2) is 6.91. The van der Waals surface area contributed by atoms with E-state index in [0.717, 1.165) is 12.0 Å². The maximum absolute atomic E-state index is 6.44. The summed E-state index contributed by atoms with van der Waals surface area (Å²) in [7, 11) is 0. The Kier molecular flexibility index (Phi) is 5.50. The molecule has 0 spiro atoms. The lowest BCUT2D eigenvalue weighted by atomic mass is 9.79. The monoisotopic (exact) mass is 252 g/mol. The van der Waals surface area contributed by atoms with Crippen LogP contribution in [0.2, 0.25) is 0 Å². The zero-order valence-corrected chi connectivity index (χ0v) is 12.4. The van der Waals surface area contributed by atoms with Gasteiger partial charge in [-0.15, -0.1) is 0 Å². The van der Waals surface area contributed by atoms with E-state index in [9.17, 15) is 0 Å². The summed E-state index contributed by atoms with van der Waals surface area (Å²) < 4.78 is 0. The molecule has 0 bridgehead atoms. The lowest BCUT2D eigenvalue weighted by Crippen LogP contribution is -2.54. The fourth-order valence-electron chi connectivity index (χ4n) is 4.31. The third kappa shape index (κ3) is 3.27. The minimum absolute atomic E-state index is 0.429. The standard InChI is InChI=1S/C16H32N2/c1-3-7-13-10-11-15(17)16(12-13)18(4-2)14-8-5-6-9-14/h13-16H,3-12,17H2,1-2H3. The molecule has 2 saturated carbocycles. The van der Waals surface area contributed by atoms with Crippen LogP contribution in [0.1, 0.15) is 71.6 Å². The second-order valence-corrected chi connectivity index (χ2v) is 6.47.